The van der Waals surface area contributed by atoms with Gasteiger partial charge < -0.3 is 4.90 Å². The first-order valence-electron chi connectivity index (χ1n) is 21.8. The Kier molecular flexibility index (Phi) is 11.8. The summed E-state index contributed by atoms with van der Waals surface area (Å²) in [5, 5.41) is 2.46. The van der Waals surface area contributed by atoms with Gasteiger partial charge in [0, 0.05) is 17.1 Å². The minimum atomic E-state index is 0.961. The molecule has 9 rings (SSSR count). The minimum absolute atomic E-state index is 0.961. The predicted molar refractivity (Wildman–Crippen MR) is 263 cm³/mol. The molecule has 9 aromatic rings. The molecule has 296 valence electrons. The standard InChI is InChI=1S/C60H51N/c1-3-23-54(50-38-37-49-42-53(40-39-48(49)41-50)61(51-33-19-9-20-34-51)52-35-21-10-22-36-52)55(24-4-2)57-43-56(44-25-11-5-12-26-44)58(45-27-13-6-14-28-45)60(47-31-17-8-18-32-47)59(57)46-29-15-7-16-30-46/h5-22,25-43H,3-4,23-24H2,1-2H3/b55-54+. The van der Waals surface area contributed by atoms with E-state index in [0.29, 0.717) is 0 Å². The van der Waals surface area contributed by atoms with E-state index in [1.807, 2.05) is 0 Å². The Balaban J connectivity index is 1.31. The van der Waals surface area contributed by atoms with Gasteiger partial charge in [0.1, 0.15) is 0 Å². The van der Waals surface area contributed by atoms with Crippen molar-refractivity contribution in [1.82, 2.24) is 0 Å². The van der Waals surface area contributed by atoms with Crippen molar-refractivity contribution in [3.8, 4) is 44.5 Å². The number of fused-ring (bicyclic) bond motifs is 1. The van der Waals surface area contributed by atoms with Crippen molar-refractivity contribution in [2.24, 2.45) is 0 Å². The SMILES string of the molecule is CCC/C(=C(/CCC)c1cc(-c2ccccc2)c(-c2ccccc2)c(-c2ccccc2)c1-c1ccccc1)c1ccc2cc(N(c3ccccc3)c3ccccc3)ccc2c1. The highest BCUT2D eigenvalue weighted by Crippen LogP contribution is 2.51. The lowest BCUT2D eigenvalue weighted by atomic mass is 9.76. The minimum Gasteiger partial charge on any atom is -0.310 e. The monoisotopic (exact) mass is 785 g/mol. The summed E-state index contributed by atoms with van der Waals surface area (Å²) in [6, 6.07) is 82.1. The maximum atomic E-state index is 2.53. The van der Waals surface area contributed by atoms with Crippen molar-refractivity contribution in [2.75, 3.05) is 4.90 Å². The van der Waals surface area contributed by atoms with Gasteiger partial charge in [0.05, 0.1) is 0 Å². The third-order valence-electron chi connectivity index (χ3n) is 11.7. The molecule has 0 N–H and O–H groups in total. The number of allylic oxidation sites excluding steroid dienone is 2. The van der Waals surface area contributed by atoms with Crippen molar-refractivity contribution in [3.05, 3.63) is 236 Å². The molecular formula is C60H51N. The van der Waals surface area contributed by atoms with Crippen molar-refractivity contribution in [1.29, 1.82) is 0 Å². The van der Waals surface area contributed by atoms with Gasteiger partial charge in [-0.15, -0.1) is 0 Å². The molecule has 0 radical (unpaired) electrons. The van der Waals surface area contributed by atoms with Crippen LogP contribution >= 0.6 is 0 Å². The smallest absolute Gasteiger partial charge is 0.0468 e. The van der Waals surface area contributed by atoms with Crippen molar-refractivity contribution in [3.63, 3.8) is 0 Å². The molecule has 9 aromatic carbocycles. The second-order valence-electron chi connectivity index (χ2n) is 15.8. The van der Waals surface area contributed by atoms with Crippen LogP contribution in [0, 0.1) is 0 Å². The Labute approximate surface area is 362 Å². The summed E-state index contributed by atoms with van der Waals surface area (Å²) >= 11 is 0. The van der Waals surface area contributed by atoms with Gasteiger partial charge in [-0.3, -0.25) is 0 Å². The van der Waals surface area contributed by atoms with Crippen LogP contribution in [-0.2, 0) is 0 Å². The molecule has 0 aliphatic rings. The summed E-state index contributed by atoms with van der Waals surface area (Å²) < 4.78 is 0. The zero-order chi connectivity index (χ0) is 41.4. The van der Waals surface area contributed by atoms with Crippen LogP contribution in [0.3, 0.4) is 0 Å². The molecule has 1 heteroatoms. The summed E-state index contributed by atoms with van der Waals surface area (Å²) in [6.45, 7) is 4.65. The first-order valence-corrected chi connectivity index (χ1v) is 21.8. The van der Waals surface area contributed by atoms with Crippen LogP contribution in [0.4, 0.5) is 17.1 Å². The third kappa shape index (κ3) is 8.21. The molecule has 0 aromatic heterocycles. The van der Waals surface area contributed by atoms with Crippen molar-refractivity contribution >= 4 is 39.0 Å². The van der Waals surface area contributed by atoms with Gasteiger partial charge >= 0.3 is 0 Å². The average Bonchev–Trinajstić information content (AvgIpc) is 3.34. The number of benzene rings is 9. The van der Waals surface area contributed by atoms with E-state index in [0.717, 1.165) is 42.7 Å². The maximum Gasteiger partial charge on any atom is 0.0468 e. The highest BCUT2D eigenvalue weighted by atomic mass is 15.1. The van der Waals surface area contributed by atoms with E-state index in [4.69, 9.17) is 0 Å². The van der Waals surface area contributed by atoms with Gasteiger partial charge in [-0.05, 0) is 139 Å². The lowest BCUT2D eigenvalue weighted by Gasteiger charge is -2.27. The number of para-hydroxylation sites is 2. The molecule has 0 heterocycles. The molecule has 0 unspecified atom stereocenters. The zero-order valence-electron chi connectivity index (χ0n) is 35.1. The van der Waals surface area contributed by atoms with Crippen LogP contribution in [-0.4, -0.2) is 0 Å². The van der Waals surface area contributed by atoms with Crippen LogP contribution < -0.4 is 4.90 Å². The van der Waals surface area contributed by atoms with E-state index in [9.17, 15) is 0 Å². The molecule has 0 saturated carbocycles. The summed E-state index contributed by atoms with van der Waals surface area (Å²) in [5.74, 6) is 0. The van der Waals surface area contributed by atoms with Crippen LogP contribution in [0.15, 0.2) is 224 Å². The summed E-state index contributed by atoms with van der Waals surface area (Å²) in [4.78, 5) is 2.34. The summed E-state index contributed by atoms with van der Waals surface area (Å²) in [5.41, 5.74) is 18.8. The van der Waals surface area contributed by atoms with E-state index in [1.165, 1.54) is 77.6 Å². The molecule has 0 bridgehead atoms. The molecular weight excluding hydrogens is 735 g/mol. The van der Waals surface area contributed by atoms with Gasteiger partial charge in [0.2, 0.25) is 0 Å². The average molecular weight is 786 g/mol. The van der Waals surface area contributed by atoms with Crippen LogP contribution in [0.25, 0.3) is 66.4 Å². The summed E-state index contributed by atoms with van der Waals surface area (Å²) in [7, 11) is 0. The number of hydrogen-bond donors (Lipinski definition) is 0. The van der Waals surface area contributed by atoms with E-state index in [1.54, 1.807) is 0 Å². The van der Waals surface area contributed by atoms with Crippen LogP contribution in [0.1, 0.15) is 50.7 Å². The Bertz CT molecular complexity index is 2840. The Morgan fingerprint density at radius 3 is 1.30 bits per heavy atom. The molecule has 0 aliphatic heterocycles. The normalized spacial score (nSPS) is 11.6. The molecule has 0 saturated heterocycles. The number of hydrogen-bond acceptors (Lipinski definition) is 1. The third-order valence-corrected chi connectivity index (χ3v) is 11.7. The van der Waals surface area contributed by atoms with E-state index in [2.05, 4.69) is 243 Å². The van der Waals surface area contributed by atoms with Crippen LogP contribution in [0.2, 0.25) is 0 Å². The van der Waals surface area contributed by atoms with Crippen molar-refractivity contribution in [2.45, 2.75) is 39.5 Å². The first-order chi connectivity index (χ1) is 30.2. The summed E-state index contributed by atoms with van der Waals surface area (Å²) in [6.07, 6.45) is 4.01. The first kappa shape index (κ1) is 39.3. The van der Waals surface area contributed by atoms with Gasteiger partial charge in [0.15, 0.2) is 0 Å². The molecule has 0 fully saturated rings. The molecule has 61 heavy (non-hydrogen) atoms. The Hall–Kier alpha value is -7.22. The fourth-order valence-electron chi connectivity index (χ4n) is 9.05. The zero-order valence-corrected chi connectivity index (χ0v) is 35.1. The molecule has 0 aliphatic carbocycles. The molecule has 0 amide bonds. The largest absolute Gasteiger partial charge is 0.310 e. The quantitative estimate of drug-likeness (QED) is 0.105. The number of rotatable bonds is 13. The van der Waals surface area contributed by atoms with Crippen LogP contribution in [0.5, 0.6) is 0 Å². The van der Waals surface area contributed by atoms with E-state index >= 15 is 0 Å². The number of anilines is 3. The Morgan fingerprint density at radius 1 is 0.344 bits per heavy atom. The van der Waals surface area contributed by atoms with Crippen molar-refractivity contribution < 1.29 is 0 Å². The van der Waals surface area contributed by atoms with Gasteiger partial charge in [-0.2, -0.15) is 0 Å². The van der Waals surface area contributed by atoms with E-state index < -0.39 is 0 Å². The number of nitrogens with zero attached hydrogens (tertiary/aromatic N) is 1. The van der Waals surface area contributed by atoms with Gasteiger partial charge in [-0.25, -0.2) is 0 Å². The molecule has 0 spiro atoms. The van der Waals surface area contributed by atoms with Gasteiger partial charge in [-0.1, -0.05) is 203 Å². The maximum absolute atomic E-state index is 2.53. The lowest BCUT2D eigenvalue weighted by Crippen LogP contribution is -2.09. The Morgan fingerprint density at radius 2 is 0.770 bits per heavy atom. The highest BCUT2D eigenvalue weighted by molar-refractivity contribution is 6.08. The topological polar surface area (TPSA) is 3.24 Å². The fourth-order valence-corrected chi connectivity index (χ4v) is 9.05. The van der Waals surface area contributed by atoms with Gasteiger partial charge in [0.25, 0.3) is 0 Å². The second-order valence-corrected chi connectivity index (χ2v) is 15.8. The second kappa shape index (κ2) is 18.4. The highest BCUT2D eigenvalue weighted by Gasteiger charge is 2.26. The fraction of sp³-hybridized carbons (Fsp3) is 0.100. The lowest BCUT2D eigenvalue weighted by molar-refractivity contribution is 0.945. The molecule has 0 atom stereocenters. The van der Waals surface area contributed by atoms with E-state index in [-0.39, 0.29) is 0 Å². The predicted octanol–water partition coefficient (Wildman–Crippen LogP) is 17.5. The molecule has 1 nitrogen and oxygen atoms in total.